The zero-order valence-corrected chi connectivity index (χ0v) is 11.6. The predicted octanol–water partition coefficient (Wildman–Crippen LogP) is 4.37. The monoisotopic (exact) mass is 225 g/mol. The highest BCUT2D eigenvalue weighted by molar-refractivity contribution is 4.78. The van der Waals surface area contributed by atoms with Crippen LogP contribution in [0.2, 0.25) is 0 Å². The number of hydrogen-bond donors (Lipinski definition) is 1. The Morgan fingerprint density at radius 2 is 1.69 bits per heavy atom. The fraction of sp³-hybridized carbons (Fsp3) is 1.00. The van der Waals surface area contributed by atoms with Crippen LogP contribution in [0.25, 0.3) is 0 Å². The van der Waals surface area contributed by atoms with Gasteiger partial charge in [0, 0.05) is 6.04 Å². The van der Waals surface area contributed by atoms with Gasteiger partial charge in [-0.05, 0) is 50.5 Å². The van der Waals surface area contributed by atoms with Gasteiger partial charge in [0.05, 0.1) is 0 Å². The van der Waals surface area contributed by atoms with E-state index >= 15 is 0 Å². The first-order valence-electron chi connectivity index (χ1n) is 7.47. The fourth-order valence-corrected chi connectivity index (χ4v) is 2.85. The number of nitrogens with one attached hydrogen (secondary N) is 1. The smallest absolute Gasteiger partial charge is 0.00672 e. The highest BCUT2D eigenvalue weighted by Gasteiger charge is 2.22. The van der Waals surface area contributed by atoms with E-state index < -0.39 is 0 Å². The van der Waals surface area contributed by atoms with Gasteiger partial charge in [0.15, 0.2) is 0 Å². The van der Waals surface area contributed by atoms with Crippen LogP contribution in [-0.4, -0.2) is 12.6 Å². The average molecular weight is 225 g/mol. The Balaban J connectivity index is 1.99. The third-order valence-corrected chi connectivity index (χ3v) is 4.18. The maximum absolute atomic E-state index is 3.74. The summed E-state index contributed by atoms with van der Waals surface area (Å²) in [4.78, 5) is 0. The standard InChI is InChI=1S/C15H31N/c1-4-5-6-7-12-16-15-10-8-14(9-11-15)13(2)3/h13-16H,4-12H2,1-3H3. The molecule has 0 aromatic heterocycles. The molecule has 1 nitrogen and oxygen atoms in total. The third kappa shape index (κ3) is 5.34. The lowest BCUT2D eigenvalue weighted by molar-refractivity contribution is 0.238. The van der Waals surface area contributed by atoms with E-state index in [1.807, 2.05) is 0 Å². The summed E-state index contributed by atoms with van der Waals surface area (Å²) in [6.07, 6.45) is 11.3. The lowest BCUT2D eigenvalue weighted by Crippen LogP contribution is -2.34. The summed E-state index contributed by atoms with van der Waals surface area (Å²) < 4.78 is 0. The van der Waals surface area contributed by atoms with Gasteiger partial charge in [-0.1, -0.05) is 40.0 Å². The quantitative estimate of drug-likeness (QED) is 0.634. The Kier molecular flexibility index (Phi) is 7.11. The second-order valence-corrected chi connectivity index (χ2v) is 5.87. The van der Waals surface area contributed by atoms with Gasteiger partial charge in [0.2, 0.25) is 0 Å². The van der Waals surface area contributed by atoms with Crippen molar-refractivity contribution in [1.29, 1.82) is 0 Å². The summed E-state index contributed by atoms with van der Waals surface area (Å²) in [7, 11) is 0. The van der Waals surface area contributed by atoms with Crippen molar-refractivity contribution in [2.45, 2.75) is 78.2 Å². The fourth-order valence-electron chi connectivity index (χ4n) is 2.85. The highest BCUT2D eigenvalue weighted by atomic mass is 14.9. The second kappa shape index (κ2) is 8.11. The van der Waals surface area contributed by atoms with E-state index in [0.29, 0.717) is 0 Å². The van der Waals surface area contributed by atoms with Crippen molar-refractivity contribution >= 4 is 0 Å². The Hall–Kier alpha value is -0.0400. The van der Waals surface area contributed by atoms with Gasteiger partial charge in [-0.3, -0.25) is 0 Å². The molecule has 1 N–H and O–H groups in total. The zero-order valence-electron chi connectivity index (χ0n) is 11.6. The van der Waals surface area contributed by atoms with Gasteiger partial charge in [0.25, 0.3) is 0 Å². The summed E-state index contributed by atoms with van der Waals surface area (Å²) in [6, 6.07) is 0.830. The lowest BCUT2D eigenvalue weighted by Gasteiger charge is -2.31. The molecular weight excluding hydrogens is 194 g/mol. The second-order valence-electron chi connectivity index (χ2n) is 5.87. The van der Waals surface area contributed by atoms with Gasteiger partial charge < -0.3 is 5.32 Å². The predicted molar refractivity (Wildman–Crippen MR) is 72.7 cm³/mol. The molecule has 0 spiro atoms. The van der Waals surface area contributed by atoms with Gasteiger partial charge in [0.1, 0.15) is 0 Å². The normalized spacial score (nSPS) is 26.2. The van der Waals surface area contributed by atoms with Gasteiger partial charge in [-0.2, -0.15) is 0 Å². The Morgan fingerprint density at radius 1 is 1.00 bits per heavy atom. The van der Waals surface area contributed by atoms with E-state index in [1.54, 1.807) is 0 Å². The molecule has 0 radical (unpaired) electrons. The maximum Gasteiger partial charge on any atom is 0.00672 e. The van der Waals surface area contributed by atoms with Crippen molar-refractivity contribution in [3.8, 4) is 0 Å². The Morgan fingerprint density at radius 3 is 2.25 bits per heavy atom. The summed E-state index contributed by atoms with van der Waals surface area (Å²) in [5, 5.41) is 3.74. The molecular formula is C15H31N. The average Bonchev–Trinajstić information content (AvgIpc) is 2.29. The molecule has 1 heteroatoms. The van der Waals surface area contributed by atoms with Crippen LogP contribution in [0.4, 0.5) is 0 Å². The molecule has 0 atom stereocenters. The topological polar surface area (TPSA) is 12.0 Å². The summed E-state index contributed by atoms with van der Waals surface area (Å²) in [6.45, 7) is 8.28. The van der Waals surface area contributed by atoms with Gasteiger partial charge in [-0.25, -0.2) is 0 Å². The molecule has 0 saturated heterocycles. The van der Waals surface area contributed by atoms with E-state index in [0.717, 1.165) is 17.9 Å². The summed E-state index contributed by atoms with van der Waals surface area (Å²) in [5.41, 5.74) is 0. The number of unbranched alkanes of at least 4 members (excludes halogenated alkanes) is 3. The molecule has 0 unspecified atom stereocenters. The summed E-state index contributed by atoms with van der Waals surface area (Å²) in [5.74, 6) is 1.89. The molecule has 0 heterocycles. The van der Waals surface area contributed by atoms with E-state index in [9.17, 15) is 0 Å². The largest absolute Gasteiger partial charge is 0.314 e. The van der Waals surface area contributed by atoms with Crippen molar-refractivity contribution < 1.29 is 0 Å². The van der Waals surface area contributed by atoms with E-state index in [4.69, 9.17) is 0 Å². The van der Waals surface area contributed by atoms with Crippen molar-refractivity contribution in [3.05, 3.63) is 0 Å². The van der Waals surface area contributed by atoms with Crippen LogP contribution in [0, 0.1) is 11.8 Å². The number of rotatable bonds is 7. The van der Waals surface area contributed by atoms with Crippen molar-refractivity contribution in [3.63, 3.8) is 0 Å². The van der Waals surface area contributed by atoms with Crippen LogP contribution in [0.15, 0.2) is 0 Å². The molecule has 96 valence electrons. The van der Waals surface area contributed by atoms with Crippen molar-refractivity contribution in [2.24, 2.45) is 11.8 Å². The van der Waals surface area contributed by atoms with Gasteiger partial charge >= 0.3 is 0 Å². The first kappa shape index (κ1) is 14.0. The Labute approximate surface area is 102 Å². The van der Waals surface area contributed by atoms with Crippen LogP contribution >= 0.6 is 0 Å². The first-order chi connectivity index (χ1) is 7.74. The highest BCUT2D eigenvalue weighted by Crippen LogP contribution is 2.29. The maximum atomic E-state index is 3.74. The molecule has 0 aromatic carbocycles. The lowest BCUT2D eigenvalue weighted by atomic mass is 9.80. The first-order valence-corrected chi connectivity index (χ1v) is 7.47. The van der Waals surface area contributed by atoms with E-state index in [2.05, 4.69) is 26.1 Å². The molecule has 0 amide bonds. The summed E-state index contributed by atoms with van der Waals surface area (Å²) >= 11 is 0. The molecule has 1 saturated carbocycles. The number of hydrogen-bond acceptors (Lipinski definition) is 1. The molecule has 1 fully saturated rings. The minimum absolute atomic E-state index is 0.830. The van der Waals surface area contributed by atoms with Crippen LogP contribution in [0.5, 0.6) is 0 Å². The minimum atomic E-state index is 0.830. The molecule has 16 heavy (non-hydrogen) atoms. The Bertz CT molecular complexity index is 157. The van der Waals surface area contributed by atoms with Crippen molar-refractivity contribution in [1.82, 2.24) is 5.32 Å². The minimum Gasteiger partial charge on any atom is -0.314 e. The van der Waals surface area contributed by atoms with Crippen LogP contribution in [0.3, 0.4) is 0 Å². The molecule has 0 bridgehead atoms. The zero-order chi connectivity index (χ0) is 11.8. The van der Waals surface area contributed by atoms with Crippen molar-refractivity contribution in [2.75, 3.05) is 6.54 Å². The van der Waals surface area contributed by atoms with Gasteiger partial charge in [-0.15, -0.1) is 0 Å². The molecule has 1 aliphatic rings. The third-order valence-electron chi connectivity index (χ3n) is 4.18. The van der Waals surface area contributed by atoms with E-state index in [1.165, 1.54) is 57.9 Å². The van der Waals surface area contributed by atoms with Crippen LogP contribution in [-0.2, 0) is 0 Å². The molecule has 0 aromatic rings. The molecule has 1 aliphatic carbocycles. The van der Waals surface area contributed by atoms with Crippen LogP contribution in [0.1, 0.15) is 72.1 Å². The van der Waals surface area contributed by atoms with E-state index in [-0.39, 0.29) is 0 Å². The van der Waals surface area contributed by atoms with Crippen LogP contribution < -0.4 is 5.32 Å². The molecule has 0 aliphatic heterocycles. The molecule has 1 rings (SSSR count). The SMILES string of the molecule is CCCCCCNC1CCC(C(C)C)CC1.